The molecule has 1 aromatic rings. The van der Waals surface area contributed by atoms with Crippen molar-refractivity contribution in [3.63, 3.8) is 0 Å². The van der Waals surface area contributed by atoms with Crippen molar-refractivity contribution in [2.75, 3.05) is 33.7 Å². The molecule has 0 radical (unpaired) electrons. The zero-order valence-corrected chi connectivity index (χ0v) is 16.0. The van der Waals surface area contributed by atoms with Gasteiger partial charge in [0.25, 0.3) is 16.1 Å². The van der Waals surface area contributed by atoms with Crippen molar-refractivity contribution in [2.24, 2.45) is 5.92 Å². The Labute approximate surface area is 157 Å². The molecule has 150 valence electrons. The Bertz CT molecular complexity index is 786. The van der Waals surface area contributed by atoms with Crippen LogP contribution in [-0.2, 0) is 10.2 Å². The molecule has 0 unspecified atom stereocenters. The summed E-state index contributed by atoms with van der Waals surface area (Å²) in [6.07, 6.45) is 1.61. The SMILES string of the molecule is CN(C)S(=O)(=O)N1C[C@H]2CC[C@@H](C1)N(C(=O)c1ccc(OC(F)F)cc1)C2. The summed E-state index contributed by atoms with van der Waals surface area (Å²) < 4.78 is 56.4. The van der Waals surface area contributed by atoms with Gasteiger partial charge in [0.1, 0.15) is 5.75 Å². The van der Waals surface area contributed by atoms with Crippen molar-refractivity contribution < 1.29 is 26.7 Å². The van der Waals surface area contributed by atoms with Gasteiger partial charge in [-0.3, -0.25) is 4.79 Å². The van der Waals surface area contributed by atoms with Crippen LogP contribution in [0, 0.1) is 5.92 Å². The topological polar surface area (TPSA) is 70.2 Å². The number of nitrogens with zero attached hydrogens (tertiary/aromatic N) is 3. The highest BCUT2D eigenvalue weighted by molar-refractivity contribution is 7.86. The summed E-state index contributed by atoms with van der Waals surface area (Å²) in [5.74, 6) is -0.163. The van der Waals surface area contributed by atoms with Crippen molar-refractivity contribution >= 4 is 16.1 Å². The Balaban J connectivity index is 1.77. The van der Waals surface area contributed by atoms with Crippen LogP contribution in [0.4, 0.5) is 8.78 Å². The average molecular weight is 403 g/mol. The van der Waals surface area contributed by atoms with Crippen LogP contribution in [0.25, 0.3) is 0 Å². The van der Waals surface area contributed by atoms with Gasteiger partial charge in [0, 0.05) is 45.3 Å². The molecule has 10 heteroatoms. The smallest absolute Gasteiger partial charge is 0.387 e. The molecule has 3 fully saturated rings. The summed E-state index contributed by atoms with van der Waals surface area (Å²) in [7, 11) is -0.551. The first-order chi connectivity index (χ1) is 12.7. The molecular formula is C17H23F2N3O4S. The van der Waals surface area contributed by atoms with Gasteiger partial charge in [0.2, 0.25) is 0 Å². The van der Waals surface area contributed by atoms with Gasteiger partial charge in [0.05, 0.1) is 0 Å². The molecule has 3 heterocycles. The minimum absolute atomic E-state index is 0.0119. The van der Waals surface area contributed by atoms with Crippen molar-refractivity contribution in [1.29, 1.82) is 0 Å². The first-order valence-corrected chi connectivity index (χ1v) is 10.1. The molecule has 4 rings (SSSR count). The van der Waals surface area contributed by atoms with Crippen molar-refractivity contribution in [1.82, 2.24) is 13.5 Å². The molecule has 0 aliphatic carbocycles. The van der Waals surface area contributed by atoms with Gasteiger partial charge in [0.15, 0.2) is 0 Å². The lowest BCUT2D eigenvalue weighted by Crippen LogP contribution is -2.48. The second-order valence-corrected chi connectivity index (χ2v) is 9.21. The maximum atomic E-state index is 12.9. The molecule has 0 spiro atoms. The van der Waals surface area contributed by atoms with Gasteiger partial charge in [-0.1, -0.05) is 0 Å². The number of carbonyl (C=O) groups excluding carboxylic acids is 1. The van der Waals surface area contributed by atoms with Crippen molar-refractivity contribution in [2.45, 2.75) is 25.5 Å². The van der Waals surface area contributed by atoms with E-state index in [1.165, 1.54) is 47.0 Å². The van der Waals surface area contributed by atoms with Crippen LogP contribution in [-0.4, -0.2) is 74.2 Å². The zero-order valence-electron chi connectivity index (χ0n) is 15.2. The van der Waals surface area contributed by atoms with E-state index in [0.717, 1.165) is 12.8 Å². The second kappa shape index (κ2) is 7.69. The predicted octanol–water partition coefficient (Wildman–Crippen LogP) is 1.63. The minimum atomic E-state index is -3.54. The van der Waals surface area contributed by atoms with E-state index in [2.05, 4.69) is 4.74 Å². The molecule has 3 aliphatic heterocycles. The van der Waals surface area contributed by atoms with E-state index in [4.69, 9.17) is 0 Å². The molecule has 0 aromatic heterocycles. The van der Waals surface area contributed by atoms with Gasteiger partial charge >= 0.3 is 6.61 Å². The first kappa shape index (κ1) is 20.0. The lowest BCUT2D eigenvalue weighted by molar-refractivity contribution is -0.0498. The standard InChI is InChI=1S/C17H23F2N3O4S/c1-20(2)27(24,25)21-9-12-3-6-14(11-21)22(10-12)16(23)13-4-7-15(8-5-13)26-17(18)19/h4-5,7-8,12,14,17H,3,6,9-11H2,1-2H3/t12-,14+/m1/s1. The van der Waals surface area contributed by atoms with Crippen LogP contribution in [0.3, 0.4) is 0 Å². The number of carbonyl (C=O) groups is 1. The Morgan fingerprint density at radius 2 is 1.81 bits per heavy atom. The van der Waals surface area contributed by atoms with Gasteiger partial charge < -0.3 is 9.64 Å². The molecular weight excluding hydrogens is 380 g/mol. The molecule has 3 aliphatic rings. The van der Waals surface area contributed by atoms with Gasteiger partial charge in [-0.25, -0.2) is 0 Å². The number of rotatable bonds is 5. The van der Waals surface area contributed by atoms with Gasteiger partial charge in [-0.15, -0.1) is 0 Å². The van der Waals surface area contributed by atoms with Gasteiger partial charge in [-0.05, 0) is 43.0 Å². The molecule has 1 amide bonds. The lowest BCUT2D eigenvalue weighted by Gasteiger charge is -2.36. The molecule has 2 bridgehead atoms. The van der Waals surface area contributed by atoms with Gasteiger partial charge in [-0.2, -0.15) is 25.8 Å². The fourth-order valence-electron chi connectivity index (χ4n) is 3.65. The number of amides is 1. The quantitative estimate of drug-likeness (QED) is 0.749. The Morgan fingerprint density at radius 3 is 2.41 bits per heavy atom. The highest BCUT2D eigenvalue weighted by Gasteiger charge is 2.41. The van der Waals surface area contributed by atoms with Crippen molar-refractivity contribution in [3.8, 4) is 5.75 Å². The van der Waals surface area contributed by atoms with Crippen LogP contribution < -0.4 is 4.74 Å². The number of ether oxygens (including phenoxy) is 1. The predicted molar refractivity (Wildman–Crippen MR) is 94.8 cm³/mol. The highest BCUT2D eigenvalue weighted by Crippen LogP contribution is 2.31. The van der Waals surface area contributed by atoms with E-state index in [1.54, 1.807) is 4.90 Å². The zero-order chi connectivity index (χ0) is 19.8. The second-order valence-electron chi connectivity index (χ2n) is 7.06. The molecule has 27 heavy (non-hydrogen) atoms. The summed E-state index contributed by atoms with van der Waals surface area (Å²) in [4.78, 5) is 14.6. The van der Waals surface area contributed by atoms with Crippen LogP contribution in [0.1, 0.15) is 23.2 Å². The summed E-state index contributed by atoms with van der Waals surface area (Å²) in [5.41, 5.74) is 0.367. The highest BCUT2D eigenvalue weighted by atomic mass is 32.2. The number of hydrogen-bond donors (Lipinski definition) is 0. The summed E-state index contributed by atoms with van der Waals surface area (Å²) in [6.45, 7) is -1.78. The molecule has 2 atom stereocenters. The average Bonchev–Trinajstić information content (AvgIpc) is 2.93. The lowest BCUT2D eigenvalue weighted by atomic mass is 9.94. The molecule has 1 aromatic carbocycles. The van der Waals surface area contributed by atoms with Crippen molar-refractivity contribution in [3.05, 3.63) is 29.8 Å². The van der Waals surface area contributed by atoms with E-state index in [0.29, 0.717) is 18.7 Å². The summed E-state index contributed by atoms with van der Waals surface area (Å²) >= 11 is 0. The summed E-state index contributed by atoms with van der Waals surface area (Å²) in [6, 6.07) is 5.36. The third-order valence-electron chi connectivity index (χ3n) is 5.06. The first-order valence-electron chi connectivity index (χ1n) is 8.72. The Kier molecular flexibility index (Phi) is 5.68. The Hall–Kier alpha value is -1.78. The number of fused-ring (bicyclic) bond motifs is 4. The van der Waals surface area contributed by atoms with E-state index in [9.17, 15) is 22.0 Å². The van der Waals surface area contributed by atoms with E-state index < -0.39 is 16.8 Å². The normalized spacial score (nSPS) is 23.7. The summed E-state index contributed by atoms with van der Waals surface area (Å²) in [5, 5.41) is 0. The molecule has 0 N–H and O–H groups in total. The van der Waals surface area contributed by atoms with E-state index in [1.807, 2.05) is 0 Å². The molecule has 7 nitrogen and oxygen atoms in total. The third kappa shape index (κ3) is 4.22. The van der Waals surface area contributed by atoms with E-state index in [-0.39, 0.29) is 30.2 Å². The van der Waals surface area contributed by atoms with Crippen LogP contribution in [0.15, 0.2) is 24.3 Å². The number of piperidine rings is 1. The van der Waals surface area contributed by atoms with E-state index >= 15 is 0 Å². The van der Waals surface area contributed by atoms with Crippen LogP contribution >= 0.6 is 0 Å². The third-order valence-corrected chi connectivity index (χ3v) is 6.93. The van der Waals surface area contributed by atoms with Crippen LogP contribution in [0.5, 0.6) is 5.75 Å². The number of halogens is 2. The molecule has 3 saturated heterocycles. The number of benzene rings is 1. The number of alkyl halides is 2. The number of hydrogen-bond acceptors (Lipinski definition) is 4. The maximum absolute atomic E-state index is 12.9. The Morgan fingerprint density at radius 1 is 1.15 bits per heavy atom. The fraction of sp³-hybridized carbons (Fsp3) is 0.588. The largest absolute Gasteiger partial charge is 0.435 e. The monoisotopic (exact) mass is 403 g/mol. The minimum Gasteiger partial charge on any atom is -0.435 e. The molecule has 0 saturated carbocycles. The van der Waals surface area contributed by atoms with Crippen LogP contribution in [0.2, 0.25) is 0 Å². The maximum Gasteiger partial charge on any atom is 0.387 e. The fourth-order valence-corrected chi connectivity index (χ4v) is 4.87.